The maximum absolute atomic E-state index is 12.5. The van der Waals surface area contributed by atoms with Crippen LogP contribution < -0.4 is 9.62 Å². The number of aryl methyl sites for hydroxylation is 2. The van der Waals surface area contributed by atoms with Crippen molar-refractivity contribution in [3.05, 3.63) is 58.1 Å². The van der Waals surface area contributed by atoms with Gasteiger partial charge in [-0.2, -0.15) is 0 Å². The fourth-order valence-corrected chi connectivity index (χ4v) is 3.48. The molecule has 0 aliphatic carbocycles. The van der Waals surface area contributed by atoms with Crippen LogP contribution in [-0.2, 0) is 19.6 Å². The fraction of sp³-hybridized carbons (Fsp3) is 0.263. The summed E-state index contributed by atoms with van der Waals surface area (Å²) in [6.45, 7) is 3.32. The number of esters is 1. The van der Waals surface area contributed by atoms with Gasteiger partial charge in [-0.3, -0.25) is 9.10 Å². The van der Waals surface area contributed by atoms with E-state index in [-0.39, 0.29) is 16.3 Å². The van der Waals surface area contributed by atoms with E-state index in [1.54, 1.807) is 18.2 Å². The molecule has 150 valence electrons. The molecule has 2 rings (SSSR count). The monoisotopic (exact) mass is 424 g/mol. The average molecular weight is 425 g/mol. The minimum absolute atomic E-state index is 0.183. The van der Waals surface area contributed by atoms with Gasteiger partial charge in [0.05, 0.1) is 35.3 Å². The highest BCUT2D eigenvalue weighted by atomic mass is 35.5. The SMILES string of the molecule is COC(=O)c1ccc(Cl)c(NC(=O)CN(c2ccc(C)c(C)c2)S(C)(=O)=O)c1. The zero-order valence-electron chi connectivity index (χ0n) is 15.9. The number of amides is 1. The summed E-state index contributed by atoms with van der Waals surface area (Å²) >= 11 is 6.07. The van der Waals surface area contributed by atoms with Crippen molar-refractivity contribution in [2.75, 3.05) is 29.5 Å². The Morgan fingerprint density at radius 1 is 1.11 bits per heavy atom. The number of carbonyl (C=O) groups excluding carboxylic acids is 2. The molecule has 0 bridgehead atoms. The number of hydrogen-bond donors (Lipinski definition) is 1. The summed E-state index contributed by atoms with van der Waals surface area (Å²) < 4.78 is 30.1. The minimum Gasteiger partial charge on any atom is -0.465 e. The number of halogens is 1. The Kier molecular flexibility index (Phi) is 6.69. The van der Waals surface area contributed by atoms with Gasteiger partial charge in [0.25, 0.3) is 0 Å². The minimum atomic E-state index is -3.71. The van der Waals surface area contributed by atoms with E-state index >= 15 is 0 Å². The van der Waals surface area contributed by atoms with E-state index in [1.807, 2.05) is 13.8 Å². The first kappa shape index (κ1) is 21.7. The quantitative estimate of drug-likeness (QED) is 0.719. The topological polar surface area (TPSA) is 92.8 Å². The van der Waals surface area contributed by atoms with Crippen LogP contribution in [0.5, 0.6) is 0 Å². The fourth-order valence-electron chi connectivity index (χ4n) is 2.47. The summed E-state index contributed by atoms with van der Waals surface area (Å²) in [6, 6.07) is 9.41. The highest BCUT2D eigenvalue weighted by Crippen LogP contribution is 2.25. The molecule has 0 fully saturated rings. The van der Waals surface area contributed by atoms with Crippen LogP contribution in [0.1, 0.15) is 21.5 Å². The Morgan fingerprint density at radius 3 is 2.36 bits per heavy atom. The lowest BCUT2D eigenvalue weighted by molar-refractivity contribution is -0.114. The summed E-state index contributed by atoms with van der Waals surface area (Å²) in [4.78, 5) is 24.2. The van der Waals surface area contributed by atoms with Gasteiger partial charge < -0.3 is 10.1 Å². The van der Waals surface area contributed by atoms with Gasteiger partial charge in [0.1, 0.15) is 6.54 Å². The number of hydrogen-bond acceptors (Lipinski definition) is 5. The molecule has 0 atom stereocenters. The standard InChI is InChI=1S/C19H21ClN2O5S/c1-12-5-7-15(9-13(12)2)22(28(4,25)26)11-18(23)21-17-10-14(19(24)27-3)6-8-16(17)20/h5-10H,11H2,1-4H3,(H,21,23). The normalized spacial score (nSPS) is 11.0. The van der Waals surface area contributed by atoms with Crippen molar-refractivity contribution in [3.8, 4) is 0 Å². The molecule has 0 aliphatic rings. The molecule has 0 saturated carbocycles. The number of rotatable bonds is 6. The van der Waals surface area contributed by atoms with Crippen LogP contribution in [0.15, 0.2) is 36.4 Å². The molecule has 0 saturated heterocycles. The Morgan fingerprint density at radius 2 is 1.79 bits per heavy atom. The molecule has 9 heteroatoms. The molecule has 0 aliphatic heterocycles. The number of nitrogens with zero attached hydrogens (tertiary/aromatic N) is 1. The summed E-state index contributed by atoms with van der Waals surface area (Å²) in [5.41, 5.74) is 2.68. The second-order valence-electron chi connectivity index (χ2n) is 6.27. The first-order chi connectivity index (χ1) is 13.0. The average Bonchev–Trinajstić information content (AvgIpc) is 2.62. The van der Waals surface area contributed by atoms with Crippen LogP contribution in [-0.4, -0.2) is 40.2 Å². The molecular weight excluding hydrogens is 404 g/mol. The van der Waals surface area contributed by atoms with Crippen LogP contribution in [0.3, 0.4) is 0 Å². The van der Waals surface area contributed by atoms with Gasteiger partial charge in [-0.15, -0.1) is 0 Å². The molecule has 2 aromatic rings. The van der Waals surface area contributed by atoms with Gasteiger partial charge in [0, 0.05) is 0 Å². The van der Waals surface area contributed by atoms with Crippen molar-refractivity contribution in [2.45, 2.75) is 13.8 Å². The van der Waals surface area contributed by atoms with E-state index in [1.165, 1.54) is 25.3 Å². The molecule has 0 unspecified atom stereocenters. The molecule has 0 radical (unpaired) electrons. The predicted molar refractivity (Wildman–Crippen MR) is 110 cm³/mol. The van der Waals surface area contributed by atoms with Crippen LogP contribution in [0, 0.1) is 13.8 Å². The molecule has 1 amide bonds. The van der Waals surface area contributed by atoms with E-state index in [2.05, 4.69) is 10.1 Å². The van der Waals surface area contributed by atoms with Crippen molar-refractivity contribution in [1.29, 1.82) is 0 Å². The largest absolute Gasteiger partial charge is 0.465 e. The highest BCUT2D eigenvalue weighted by Gasteiger charge is 2.22. The van der Waals surface area contributed by atoms with E-state index in [0.717, 1.165) is 21.7 Å². The van der Waals surface area contributed by atoms with E-state index < -0.39 is 28.4 Å². The van der Waals surface area contributed by atoms with Crippen molar-refractivity contribution in [1.82, 2.24) is 0 Å². The van der Waals surface area contributed by atoms with Crippen LogP contribution in [0.4, 0.5) is 11.4 Å². The van der Waals surface area contributed by atoms with Gasteiger partial charge >= 0.3 is 5.97 Å². The number of benzene rings is 2. The first-order valence-electron chi connectivity index (χ1n) is 8.25. The predicted octanol–water partition coefficient (Wildman–Crippen LogP) is 3.15. The molecular formula is C19H21ClN2O5S. The lowest BCUT2D eigenvalue weighted by atomic mass is 10.1. The molecule has 0 aromatic heterocycles. The third-order valence-corrected chi connectivity index (χ3v) is 5.60. The highest BCUT2D eigenvalue weighted by molar-refractivity contribution is 7.92. The van der Waals surface area contributed by atoms with E-state index in [9.17, 15) is 18.0 Å². The van der Waals surface area contributed by atoms with E-state index in [4.69, 9.17) is 11.6 Å². The Labute approximate surface area is 169 Å². The van der Waals surface area contributed by atoms with Gasteiger partial charge in [-0.05, 0) is 55.3 Å². The number of ether oxygens (including phenoxy) is 1. The number of carbonyl (C=O) groups is 2. The lowest BCUT2D eigenvalue weighted by Crippen LogP contribution is -2.37. The third-order valence-electron chi connectivity index (χ3n) is 4.13. The maximum Gasteiger partial charge on any atom is 0.337 e. The number of methoxy groups -OCH3 is 1. The molecule has 2 aromatic carbocycles. The Hall–Kier alpha value is -2.58. The zero-order valence-corrected chi connectivity index (χ0v) is 17.5. The second-order valence-corrected chi connectivity index (χ2v) is 8.59. The van der Waals surface area contributed by atoms with Crippen LogP contribution in [0.2, 0.25) is 5.02 Å². The zero-order chi connectivity index (χ0) is 21.1. The van der Waals surface area contributed by atoms with Gasteiger partial charge in [-0.25, -0.2) is 13.2 Å². The van der Waals surface area contributed by atoms with Crippen molar-refractivity contribution < 1.29 is 22.7 Å². The van der Waals surface area contributed by atoms with Crippen LogP contribution >= 0.6 is 11.6 Å². The number of anilines is 2. The van der Waals surface area contributed by atoms with E-state index in [0.29, 0.717) is 5.69 Å². The molecule has 0 heterocycles. The maximum atomic E-state index is 12.5. The first-order valence-corrected chi connectivity index (χ1v) is 10.5. The number of sulfonamides is 1. The smallest absolute Gasteiger partial charge is 0.337 e. The summed E-state index contributed by atoms with van der Waals surface area (Å²) in [5, 5.41) is 2.75. The molecule has 0 spiro atoms. The number of nitrogens with one attached hydrogen (secondary N) is 1. The van der Waals surface area contributed by atoms with Crippen molar-refractivity contribution in [3.63, 3.8) is 0 Å². The van der Waals surface area contributed by atoms with Gasteiger partial charge in [0.15, 0.2) is 0 Å². The second kappa shape index (κ2) is 8.62. The Balaban J connectivity index is 2.28. The molecule has 28 heavy (non-hydrogen) atoms. The third kappa shape index (κ3) is 5.24. The van der Waals surface area contributed by atoms with Gasteiger partial charge in [0.2, 0.25) is 15.9 Å². The summed E-state index contributed by atoms with van der Waals surface area (Å²) in [5.74, 6) is -1.19. The lowest BCUT2D eigenvalue weighted by Gasteiger charge is -2.23. The molecule has 7 nitrogen and oxygen atoms in total. The summed E-state index contributed by atoms with van der Waals surface area (Å²) in [6.07, 6.45) is 1.03. The summed E-state index contributed by atoms with van der Waals surface area (Å²) in [7, 11) is -2.47. The Bertz CT molecular complexity index is 1020. The van der Waals surface area contributed by atoms with Gasteiger partial charge in [-0.1, -0.05) is 17.7 Å². The van der Waals surface area contributed by atoms with Crippen molar-refractivity contribution >= 4 is 44.9 Å². The molecule has 1 N–H and O–H groups in total. The van der Waals surface area contributed by atoms with Crippen molar-refractivity contribution in [2.24, 2.45) is 0 Å². The van der Waals surface area contributed by atoms with Crippen LogP contribution in [0.25, 0.3) is 0 Å².